The summed E-state index contributed by atoms with van der Waals surface area (Å²) < 4.78 is 26.3. The lowest BCUT2D eigenvalue weighted by Crippen LogP contribution is -2.53. The number of halogens is 1. The first kappa shape index (κ1) is 28.3. The molecule has 2 rings (SSSR count). The van der Waals surface area contributed by atoms with Crippen LogP contribution in [0.15, 0.2) is 48.5 Å². The van der Waals surface area contributed by atoms with Gasteiger partial charge >= 0.3 is 0 Å². The Morgan fingerprint density at radius 1 is 1.06 bits per heavy atom. The molecule has 0 radical (unpaired) electrons. The van der Waals surface area contributed by atoms with Gasteiger partial charge in [-0.3, -0.25) is 18.7 Å². The minimum atomic E-state index is -3.89. The van der Waals surface area contributed by atoms with Crippen LogP contribution in [0.25, 0.3) is 0 Å². The van der Waals surface area contributed by atoms with Crippen LogP contribution in [0.4, 0.5) is 5.69 Å². The van der Waals surface area contributed by atoms with Crippen molar-refractivity contribution in [3.05, 3.63) is 64.7 Å². The van der Waals surface area contributed by atoms with Crippen LogP contribution in [0.2, 0.25) is 5.02 Å². The Morgan fingerprint density at radius 2 is 1.71 bits per heavy atom. The predicted octanol–water partition coefficient (Wildman–Crippen LogP) is 3.64. The van der Waals surface area contributed by atoms with E-state index in [0.29, 0.717) is 22.6 Å². The summed E-state index contributed by atoms with van der Waals surface area (Å²) in [5.41, 5.74) is 1.13. The van der Waals surface area contributed by atoms with Crippen LogP contribution < -0.4 is 9.62 Å². The summed E-state index contributed by atoms with van der Waals surface area (Å²) in [6.45, 7) is 6.27. The molecule has 1 N–H and O–H groups in total. The van der Waals surface area contributed by atoms with Crippen LogP contribution in [0.3, 0.4) is 0 Å². The molecule has 0 bridgehead atoms. The van der Waals surface area contributed by atoms with Gasteiger partial charge in [0.2, 0.25) is 21.8 Å². The van der Waals surface area contributed by atoms with E-state index in [-0.39, 0.29) is 30.0 Å². The molecule has 0 heterocycles. The van der Waals surface area contributed by atoms with E-state index in [4.69, 9.17) is 11.6 Å². The molecule has 0 aromatic heterocycles. The largest absolute Gasteiger partial charge is 0.352 e. The smallest absolute Gasteiger partial charge is 0.244 e. The first-order valence-corrected chi connectivity index (χ1v) is 13.5. The third-order valence-corrected chi connectivity index (χ3v) is 6.84. The molecule has 2 aromatic rings. The molecule has 2 aromatic carbocycles. The number of hydrogen-bond acceptors (Lipinski definition) is 5. The maximum atomic E-state index is 13.6. The van der Waals surface area contributed by atoms with Gasteiger partial charge in [-0.1, -0.05) is 48.9 Å². The fraction of sp³-hybridized carbons (Fsp3) is 0.400. The molecule has 8 nitrogen and oxygen atoms in total. The van der Waals surface area contributed by atoms with Crippen molar-refractivity contribution >= 4 is 44.9 Å². The molecular formula is C25H32ClN3O5S. The Kier molecular flexibility index (Phi) is 9.85. The van der Waals surface area contributed by atoms with Crippen molar-refractivity contribution in [3.8, 4) is 0 Å². The van der Waals surface area contributed by atoms with Crippen LogP contribution >= 0.6 is 11.6 Å². The maximum Gasteiger partial charge on any atom is 0.244 e. The van der Waals surface area contributed by atoms with Gasteiger partial charge in [0, 0.05) is 23.2 Å². The van der Waals surface area contributed by atoms with Crippen molar-refractivity contribution in [3.63, 3.8) is 0 Å². The third kappa shape index (κ3) is 7.80. The predicted molar refractivity (Wildman–Crippen MR) is 138 cm³/mol. The number of hydrogen-bond donors (Lipinski definition) is 1. The highest BCUT2D eigenvalue weighted by molar-refractivity contribution is 7.92. The molecule has 35 heavy (non-hydrogen) atoms. The van der Waals surface area contributed by atoms with Gasteiger partial charge in [0.1, 0.15) is 12.6 Å². The summed E-state index contributed by atoms with van der Waals surface area (Å²) in [5.74, 6) is -1.15. The summed E-state index contributed by atoms with van der Waals surface area (Å²) in [6.07, 6.45) is 1.30. The lowest BCUT2D eigenvalue weighted by atomic mass is 10.1. The quantitative estimate of drug-likeness (QED) is 0.455. The molecular weight excluding hydrogens is 490 g/mol. The van der Waals surface area contributed by atoms with Gasteiger partial charge in [-0.15, -0.1) is 0 Å². The van der Waals surface area contributed by atoms with Crippen molar-refractivity contribution in [2.45, 2.75) is 52.7 Å². The Hall–Kier alpha value is -2.91. The second-order valence-electron chi connectivity index (χ2n) is 8.58. The number of nitrogens with one attached hydrogen (secondary N) is 1. The summed E-state index contributed by atoms with van der Waals surface area (Å²) in [5, 5.41) is 3.26. The van der Waals surface area contributed by atoms with E-state index in [0.717, 1.165) is 10.6 Å². The lowest BCUT2D eigenvalue weighted by molar-refractivity contribution is -0.140. The maximum absolute atomic E-state index is 13.6. The Labute approximate surface area is 212 Å². The van der Waals surface area contributed by atoms with Gasteiger partial charge in [0.15, 0.2) is 5.78 Å². The first-order valence-electron chi connectivity index (χ1n) is 11.3. The molecule has 0 saturated carbocycles. The number of Topliss-reactive ketones (excluding diaryl/α,β-unsaturated/α-hetero) is 1. The number of sulfonamides is 1. The zero-order chi connectivity index (χ0) is 26.3. The van der Waals surface area contributed by atoms with Crippen LogP contribution in [0.5, 0.6) is 0 Å². The normalized spacial score (nSPS) is 12.2. The fourth-order valence-corrected chi connectivity index (χ4v) is 4.64. The number of amides is 2. The number of rotatable bonds is 11. The van der Waals surface area contributed by atoms with Crippen LogP contribution in [0.1, 0.15) is 50.0 Å². The van der Waals surface area contributed by atoms with Crippen molar-refractivity contribution in [2.75, 3.05) is 17.1 Å². The minimum Gasteiger partial charge on any atom is -0.352 e. The molecule has 0 saturated heterocycles. The minimum absolute atomic E-state index is 0.0214. The molecule has 0 unspecified atom stereocenters. The zero-order valence-electron chi connectivity index (χ0n) is 20.6. The van der Waals surface area contributed by atoms with Crippen LogP contribution in [-0.4, -0.2) is 55.8 Å². The van der Waals surface area contributed by atoms with E-state index >= 15 is 0 Å². The van der Waals surface area contributed by atoms with Gasteiger partial charge in [-0.25, -0.2) is 8.42 Å². The van der Waals surface area contributed by atoms with Crippen molar-refractivity contribution < 1.29 is 22.8 Å². The van der Waals surface area contributed by atoms with E-state index in [1.807, 2.05) is 13.8 Å². The van der Waals surface area contributed by atoms with Crippen molar-refractivity contribution in [1.82, 2.24) is 10.2 Å². The molecule has 0 aliphatic heterocycles. The van der Waals surface area contributed by atoms with E-state index in [1.165, 1.54) is 24.0 Å². The van der Waals surface area contributed by atoms with Crippen LogP contribution in [-0.2, 0) is 26.2 Å². The molecule has 0 aliphatic rings. The molecule has 0 spiro atoms. The summed E-state index contributed by atoms with van der Waals surface area (Å²) in [4.78, 5) is 39.8. The highest BCUT2D eigenvalue weighted by Gasteiger charge is 2.32. The summed E-state index contributed by atoms with van der Waals surface area (Å²) in [7, 11) is -3.89. The van der Waals surface area contributed by atoms with E-state index in [9.17, 15) is 22.8 Å². The average molecular weight is 522 g/mol. The standard InChI is InChI=1S/C25H32ClN3O5S/c1-6-23(25(32)27-17(2)3)28(15-20-10-7-8-13-22(20)26)24(31)16-29(35(5,33)34)21-12-9-11-19(14-21)18(4)30/h7-14,17,23H,6,15-16H2,1-5H3,(H,27,32)/t23-/m1/s1. The Balaban J connectivity index is 2.49. The SMILES string of the molecule is CC[C@H](C(=O)NC(C)C)N(Cc1ccccc1Cl)C(=O)CN(c1cccc(C(C)=O)c1)S(C)(=O)=O. The number of carbonyl (C=O) groups is 3. The highest BCUT2D eigenvalue weighted by Crippen LogP contribution is 2.23. The van der Waals surface area contributed by atoms with Gasteiger partial charge in [0.05, 0.1) is 11.9 Å². The third-order valence-electron chi connectivity index (χ3n) is 5.34. The number of nitrogens with zero attached hydrogens (tertiary/aromatic N) is 2. The van der Waals surface area contributed by atoms with Crippen LogP contribution in [0, 0.1) is 0 Å². The molecule has 10 heteroatoms. The first-order chi connectivity index (χ1) is 16.3. The van der Waals surface area contributed by atoms with Crippen molar-refractivity contribution in [2.24, 2.45) is 0 Å². The second kappa shape index (κ2) is 12.2. The molecule has 0 fully saturated rings. The van der Waals surface area contributed by atoms with Gasteiger partial charge < -0.3 is 10.2 Å². The van der Waals surface area contributed by atoms with Crippen molar-refractivity contribution in [1.29, 1.82) is 0 Å². The number of anilines is 1. The second-order valence-corrected chi connectivity index (χ2v) is 10.9. The number of ketones is 1. The van der Waals surface area contributed by atoms with Gasteiger partial charge in [-0.05, 0) is 51.0 Å². The molecule has 0 aliphatic carbocycles. The van der Waals surface area contributed by atoms with Gasteiger partial charge in [0.25, 0.3) is 0 Å². The summed E-state index contributed by atoms with van der Waals surface area (Å²) >= 11 is 6.33. The average Bonchev–Trinajstić information content (AvgIpc) is 2.77. The molecule has 1 atom stereocenters. The van der Waals surface area contributed by atoms with E-state index in [2.05, 4.69) is 5.32 Å². The monoisotopic (exact) mass is 521 g/mol. The zero-order valence-corrected chi connectivity index (χ0v) is 22.2. The highest BCUT2D eigenvalue weighted by atomic mass is 35.5. The fourth-order valence-electron chi connectivity index (χ4n) is 3.60. The Bertz CT molecular complexity index is 1180. The number of benzene rings is 2. The van der Waals surface area contributed by atoms with E-state index in [1.54, 1.807) is 43.3 Å². The van der Waals surface area contributed by atoms with E-state index < -0.39 is 28.5 Å². The molecule has 190 valence electrons. The topological polar surface area (TPSA) is 104 Å². The molecule has 2 amide bonds. The number of carbonyl (C=O) groups excluding carboxylic acids is 3. The Morgan fingerprint density at radius 3 is 2.26 bits per heavy atom. The summed E-state index contributed by atoms with van der Waals surface area (Å²) in [6, 6.07) is 12.1. The lowest BCUT2D eigenvalue weighted by Gasteiger charge is -2.33. The van der Waals surface area contributed by atoms with Gasteiger partial charge in [-0.2, -0.15) is 0 Å².